The molecule has 2 aromatic carbocycles. The van der Waals surface area contributed by atoms with Gasteiger partial charge in [0.1, 0.15) is 5.82 Å². The Bertz CT molecular complexity index is 833. The number of nitrogens with zero attached hydrogens (tertiary/aromatic N) is 3. The topological polar surface area (TPSA) is 78.7 Å². The number of carbonyl (C=O) groups is 1. The van der Waals surface area contributed by atoms with Crippen LogP contribution in [0.1, 0.15) is 5.56 Å². The zero-order valence-electron chi connectivity index (χ0n) is 15.0. The van der Waals surface area contributed by atoms with Crippen molar-refractivity contribution in [2.45, 2.75) is 6.92 Å². The molecule has 1 saturated heterocycles. The van der Waals surface area contributed by atoms with Crippen molar-refractivity contribution in [2.75, 3.05) is 42.9 Å². The van der Waals surface area contributed by atoms with Crippen LogP contribution in [0.4, 0.5) is 21.5 Å². The Hall–Kier alpha value is -3.00. The molecular formula is C19H21FN4O3. The summed E-state index contributed by atoms with van der Waals surface area (Å²) >= 11 is 0. The third-order valence-corrected chi connectivity index (χ3v) is 4.62. The highest BCUT2D eigenvalue weighted by Crippen LogP contribution is 2.22. The maximum atomic E-state index is 13.0. The van der Waals surface area contributed by atoms with Crippen LogP contribution in [0.15, 0.2) is 42.5 Å². The highest BCUT2D eigenvalue weighted by molar-refractivity contribution is 5.92. The van der Waals surface area contributed by atoms with E-state index in [4.69, 9.17) is 0 Å². The van der Waals surface area contributed by atoms with Crippen molar-refractivity contribution in [3.05, 3.63) is 64.0 Å². The molecule has 0 radical (unpaired) electrons. The van der Waals surface area contributed by atoms with Gasteiger partial charge < -0.3 is 10.2 Å². The number of nitro benzene ring substituents is 1. The van der Waals surface area contributed by atoms with E-state index < -0.39 is 4.92 Å². The maximum absolute atomic E-state index is 13.0. The van der Waals surface area contributed by atoms with Crippen LogP contribution in [-0.2, 0) is 4.79 Å². The zero-order chi connectivity index (χ0) is 19.4. The molecule has 1 heterocycles. The van der Waals surface area contributed by atoms with Crippen molar-refractivity contribution in [2.24, 2.45) is 0 Å². The van der Waals surface area contributed by atoms with E-state index in [1.54, 1.807) is 31.2 Å². The number of nitrogens with one attached hydrogen (secondary N) is 1. The molecule has 1 aliphatic heterocycles. The summed E-state index contributed by atoms with van der Waals surface area (Å²) in [5.41, 5.74) is 1.92. The van der Waals surface area contributed by atoms with Crippen molar-refractivity contribution >= 4 is 23.0 Å². The molecule has 27 heavy (non-hydrogen) atoms. The van der Waals surface area contributed by atoms with Gasteiger partial charge in [0.2, 0.25) is 5.91 Å². The van der Waals surface area contributed by atoms with Crippen molar-refractivity contribution < 1.29 is 14.1 Å². The van der Waals surface area contributed by atoms with Crippen LogP contribution in [0.2, 0.25) is 0 Å². The Morgan fingerprint density at radius 2 is 1.81 bits per heavy atom. The molecular weight excluding hydrogens is 351 g/mol. The van der Waals surface area contributed by atoms with Crippen molar-refractivity contribution in [1.82, 2.24) is 4.90 Å². The monoisotopic (exact) mass is 372 g/mol. The van der Waals surface area contributed by atoms with Gasteiger partial charge in [0.05, 0.1) is 11.5 Å². The molecule has 0 atom stereocenters. The van der Waals surface area contributed by atoms with Gasteiger partial charge in [-0.1, -0.05) is 6.07 Å². The van der Waals surface area contributed by atoms with Crippen LogP contribution in [0.3, 0.4) is 0 Å². The second-order valence-electron chi connectivity index (χ2n) is 6.55. The first-order chi connectivity index (χ1) is 12.9. The SMILES string of the molecule is Cc1ccc(NC(=O)CN2CCN(c3ccc(F)cc3)CC2)cc1[N+](=O)[O-]. The number of carbonyl (C=O) groups excluding carboxylic acids is 1. The number of nitro groups is 1. The lowest BCUT2D eigenvalue weighted by Gasteiger charge is -2.35. The van der Waals surface area contributed by atoms with Gasteiger partial charge >= 0.3 is 0 Å². The predicted octanol–water partition coefficient (Wildman–Crippen LogP) is 2.80. The van der Waals surface area contributed by atoms with Crippen LogP contribution in [-0.4, -0.2) is 48.5 Å². The molecule has 142 valence electrons. The molecule has 0 spiro atoms. The molecule has 0 saturated carbocycles. The Morgan fingerprint density at radius 3 is 2.44 bits per heavy atom. The van der Waals surface area contributed by atoms with Gasteiger partial charge in [-0.3, -0.25) is 19.8 Å². The van der Waals surface area contributed by atoms with Gasteiger partial charge in [-0.05, 0) is 37.3 Å². The molecule has 7 nitrogen and oxygen atoms in total. The summed E-state index contributed by atoms with van der Waals surface area (Å²) in [5.74, 6) is -0.464. The van der Waals surface area contributed by atoms with Crippen LogP contribution in [0, 0.1) is 22.9 Å². The largest absolute Gasteiger partial charge is 0.369 e. The van der Waals surface area contributed by atoms with Gasteiger partial charge in [-0.15, -0.1) is 0 Å². The Kier molecular flexibility index (Phi) is 5.66. The maximum Gasteiger partial charge on any atom is 0.274 e. The van der Waals surface area contributed by atoms with Crippen molar-refractivity contribution in [1.29, 1.82) is 0 Å². The van der Waals surface area contributed by atoms with Crippen molar-refractivity contribution in [3.8, 4) is 0 Å². The van der Waals surface area contributed by atoms with Gasteiger partial charge in [0.15, 0.2) is 0 Å². The number of benzene rings is 2. The minimum atomic E-state index is -0.459. The smallest absolute Gasteiger partial charge is 0.274 e. The highest BCUT2D eigenvalue weighted by atomic mass is 19.1. The number of hydrogen-bond donors (Lipinski definition) is 1. The standard InChI is InChI=1S/C19H21FN4O3/c1-14-2-5-16(12-18(14)24(26)27)21-19(25)13-22-8-10-23(11-9-22)17-6-3-15(20)4-7-17/h2-7,12H,8-11,13H2,1H3,(H,21,25). The normalized spacial score (nSPS) is 14.8. The van der Waals surface area contributed by atoms with Crippen LogP contribution in [0.25, 0.3) is 0 Å². The average molecular weight is 372 g/mol. The van der Waals surface area contributed by atoms with Gasteiger partial charge in [0, 0.05) is 49.2 Å². The summed E-state index contributed by atoms with van der Waals surface area (Å²) in [6.45, 7) is 4.78. The molecule has 3 rings (SSSR count). The lowest BCUT2D eigenvalue weighted by molar-refractivity contribution is -0.385. The second kappa shape index (κ2) is 8.13. The van der Waals surface area contributed by atoms with Crippen LogP contribution >= 0.6 is 0 Å². The average Bonchev–Trinajstić information content (AvgIpc) is 2.64. The lowest BCUT2D eigenvalue weighted by atomic mass is 10.2. The number of aryl methyl sites for hydroxylation is 1. The quantitative estimate of drug-likeness (QED) is 0.645. The highest BCUT2D eigenvalue weighted by Gasteiger charge is 2.20. The second-order valence-corrected chi connectivity index (χ2v) is 6.55. The van der Waals surface area contributed by atoms with E-state index in [9.17, 15) is 19.3 Å². The summed E-state index contributed by atoms with van der Waals surface area (Å²) < 4.78 is 13.0. The number of rotatable bonds is 5. The van der Waals surface area contributed by atoms with Gasteiger partial charge in [-0.25, -0.2) is 4.39 Å². The van der Waals surface area contributed by atoms with Gasteiger partial charge in [-0.2, -0.15) is 0 Å². The Balaban J connectivity index is 1.52. The van der Waals surface area contributed by atoms with Crippen molar-refractivity contribution in [3.63, 3.8) is 0 Å². The first-order valence-corrected chi connectivity index (χ1v) is 8.70. The van der Waals surface area contributed by atoms with E-state index in [-0.39, 0.29) is 24.0 Å². The molecule has 0 unspecified atom stereocenters. The fraction of sp³-hybridized carbons (Fsp3) is 0.316. The predicted molar refractivity (Wildman–Crippen MR) is 102 cm³/mol. The van der Waals surface area contributed by atoms with Crippen LogP contribution in [0.5, 0.6) is 0 Å². The fourth-order valence-electron chi connectivity index (χ4n) is 3.10. The molecule has 2 aromatic rings. The molecule has 1 fully saturated rings. The first-order valence-electron chi connectivity index (χ1n) is 8.70. The van der Waals surface area contributed by atoms with E-state index in [2.05, 4.69) is 10.2 Å². The number of halogens is 1. The summed E-state index contributed by atoms with van der Waals surface area (Å²) in [6, 6.07) is 11.0. The van der Waals surface area contributed by atoms with Gasteiger partial charge in [0.25, 0.3) is 5.69 Å². The molecule has 1 N–H and O–H groups in total. The molecule has 0 aliphatic carbocycles. The number of piperazine rings is 1. The lowest BCUT2D eigenvalue weighted by Crippen LogP contribution is -2.48. The molecule has 0 bridgehead atoms. The molecule has 1 amide bonds. The minimum absolute atomic E-state index is 0.0132. The number of amides is 1. The van der Waals surface area contributed by atoms with E-state index in [0.717, 1.165) is 18.8 Å². The number of hydrogen-bond acceptors (Lipinski definition) is 5. The third kappa shape index (κ3) is 4.79. The van der Waals surface area contributed by atoms with E-state index in [1.807, 2.05) is 4.90 Å². The Labute approximate surface area is 156 Å². The minimum Gasteiger partial charge on any atom is -0.369 e. The Morgan fingerprint density at radius 1 is 1.15 bits per heavy atom. The number of anilines is 2. The first kappa shape index (κ1) is 18.8. The summed E-state index contributed by atoms with van der Waals surface area (Å²) in [4.78, 5) is 27.0. The fourth-order valence-corrected chi connectivity index (χ4v) is 3.10. The molecule has 1 aliphatic rings. The zero-order valence-corrected chi connectivity index (χ0v) is 15.0. The molecule has 8 heteroatoms. The van der Waals surface area contributed by atoms with Crippen LogP contribution < -0.4 is 10.2 Å². The summed E-state index contributed by atoms with van der Waals surface area (Å²) in [5, 5.41) is 13.7. The van der Waals surface area contributed by atoms with E-state index in [0.29, 0.717) is 24.3 Å². The van der Waals surface area contributed by atoms with E-state index >= 15 is 0 Å². The van der Waals surface area contributed by atoms with E-state index in [1.165, 1.54) is 18.2 Å². The summed E-state index contributed by atoms with van der Waals surface area (Å²) in [6.07, 6.45) is 0. The summed E-state index contributed by atoms with van der Waals surface area (Å²) in [7, 11) is 0. The third-order valence-electron chi connectivity index (χ3n) is 4.62. The molecule has 0 aromatic heterocycles.